The van der Waals surface area contributed by atoms with Gasteiger partial charge in [-0.15, -0.1) is 0 Å². The Balaban J connectivity index is 1.48. The number of amides is 2. The van der Waals surface area contributed by atoms with Gasteiger partial charge < -0.3 is 44.6 Å². The van der Waals surface area contributed by atoms with Crippen LogP contribution in [-0.4, -0.2) is 90.4 Å². The Morgan fingerprint density at radius 3 is 2.49 bits per heavy atom. The number of H-pyrrole nitrogens is 1. The van der Waals surface area contributed by atoms with Crippen molar-refractivity contribution >= 4 is 41.7 Å². The lowest BCUT2D eigenvalue weighted by molar-refractivity contribution is -0.165. The van der Waals surface area contributed by atoms with Crippen molar-refractivity contribution in [2.24, 2.45) is 10.4 Å². The molecule has 2 amide bonds. The molecule has 4 atom stereocenters. The van der Waals surface area contributed by atoms with Crippen LogP contribution in [0.25, 0.3) is 0 Å². The molecule has 14 nitrogen and oxygen atoms in total. The van der Waals surface area contributed by atoms with Gasteiger partial charge in [0.2, 0.25) is 5.91 Å². The zero-order valence-electron chi connectivity index (χ0n) is 29.0. The second kappa shape index (κ2) is 17.4. The second-order valence-electron chi connectivity index (χ2n) is 13.1. The summed E-state index contributed by atoms with van der Waals surface area (Å²) < 4.78 is 22.0. The highest BCUT2D eigenvalue weighted by Gasteiger charge is 2.30. The van der Waals surface area contributed by atoms with Crippen LogP contribution in [0.4, 0.5) is 11.6 Å². The predicted octanol–water partition coefficient (Wildman–Crippen LogP) is 4.30. The molecule has 0 bridgehead atoms. The molecule has 4 N–H and O–H groups in total. The molecular weight excluding hydrogens is 634 g/mol. The van der Waals surface area contributed by atoms with E-state index >= 15 is 0 Å². The van der Waals surface area contributed by atoms with Crippen molar-refractivity contribution in [3.05, 3.63) is 47.0 Å². The number of nitrogens with one attached hydrogen (secondary N) is 3. The normalized spacial score (nSPS) is 18.6. The molecule has 0 saturated carbocycles. The summed E-state index contributed by atoms with van der Waals surface area (Å²) in [6.07, 6.45) is 2.94. The molecule has 0 aliphatic carbocycles. The fourth-order valence-corrected chi connectivity index (χ4v) is 5.37. The van der Waals surface area contributed by atoms with Crippen molar-refractivity contribution in [2.45, 2.75) is 91.2 Å². The lowest BCUT2D eigenvalue weighted by atomic mass is 9.96. The molecule has 0 radical (unpaired) electrons. The minimum absolute atomic E-state index is 0.0389. The van der Waals surface area contributed by atoms with Crippen molar-refractivity contribution in [1.82, 2.24) is 15.2 Å². The zero-order valence-corrected chi connectivity index (χ0v) is 29.0. The fourth-order valence-electron chi connectivity index (χ4n) is 5.37. The topological polar surface area (TPSA) is 181 Å². The first-order valence-electron chi connectivity index (χ1n) is 16.9. The first kappa shape index (κ1) is 37.5. The third-order valence-electron chi connectivity index (χ3n) is 8.20. The van der Waals surface area contributed by atoms with Crippen LogP contribution in [0, 0.1) is 5.41 Å². The molecule has 1 fully saturated rings. The van der Waals surface area contributed by atoms with Crippen molar-refractivity contribution in [2.75, 3.05) is 38.3 Å². The maximum absolute atomic E-state index is 13.2. The molecular formula is C35H49N5O9. The molecule has 14 heteroatoms. The lowest BCUT2D eigenvalue weighted by Crippen LogP contribution is -2.42. The van der Waals surface area contributed by atoms with E-state index in [-0.39, 0.29) is 50.8 Å². The fraction of sp³-hybridized carbons (Fsp3) is 0.571. The number of hydrogen-bond donors (Lipinski definition) is 4. The third-order valence-corrected chi connectivity index (χ3v) is 8.20. The monoisotopic (exact) mass is 683 g/mol. The Kier molecular flexibility index (Phi) is 13.3. The van der Waals surface area contributed by atoms with Crippen LogP contribution in [0.2, 0.25) is 0 Å². The summed E-state index contributed by atoms with van der Waals surface area (Å²) >= 11 is 0. The van der Waals surface area contributed by atoms with Crippen molar-refractivity contribution in [3.8, 4) is 0 Å². The van der Waals surface area contributed by atoms with E-state index in [2.05, 4.69) is 20.6 Å². The summed E-state index contributed by atoms with van der Waals surface area (Å²) in [5, 5.41) is 16.9. The number of ether oxygens (including phenoxy) is 4. The number of aliphatic imine (C=N–C) groups is 1. The number of aromatic amines is 1. The highest BCUT2D eigenvalue weighted by atomic mass is 16.7. The van der Waals surface area contributed by atoms with Gasteiger partial charge in [0.05, 0.1) is 26.2 Å². The van der Waals surface area contributed by atoms with E-state index in [1.807, 2.05) is 20.8 Å². The number of esters is 2. The van der Waals surface area contributed by atoms with Gasteiger partial charge in [0, 0.05) is 42.0 Å². The number of aromatic nitrogens is 1. The Morgan fingerprint density at radius 2 is 1.84 bits per heavy atom. The van der Waals surface area contributed by atoms with Crippen LogP contribution in [0.5, 0.6) is 0 Å². The van der Waals surface area contributed by atoms with E-state index in [1.54, 1.807) is 55.4 Å². The summed E-state index contributed by atoms with van der Waals surface area (Å²) in [7, 11) is 0. The smallest absolute Gasteiger partial charge is 0.328 e. The molecule has 0 spiro atoms. The van der Waals surface area contributed by atoms with Gasteiger partial charge in [-0.1, -0.05) is 32.9 Å². The third kappa shape index (κ3) is 10.6. The van der Waals surface area contributed by atoms with Crippen LogP contribution < -0.4 is 10.6 Å². The van der Waals surface area contributed by atoms with Crippen molar-refractivity contribution in [3.63, 3.8) is 0 Å². The highest BCUT2D eigenvalue weighted by molar-refractivity contribution is 5.97. The van der Waals surface area contributed by atoms with Gasteiger partial charge in [-0.3, -0.25) is 14.4 Å². The van der Waals surface area contributed by atoms with E-state index in [0.29, 0.717) is 35.9 Å². The number of anilines is 1. The number of aliphatic hydroxyl groups excluding tert-OH is 1. The Morgan fingerprint density at radius 1 is 1.10 bits per heavy atom. The standard InChI is InChI=1S/C35H49N5O9/c1-6-46-28(41)16-15-26(33(44)47-7-2)37-31(42)23-13-11-22(12-14-23)24(20-49-29-10-8-9-17-48-29)19-40-21-36-30-25(32(40)43)18-27(38-30)39-34(45)35(3,4)5/h11-14,18,21,24,26,29,32,38,43H,6-10,15-17,19-20H2,1-5H3,(H,37,42)(H,39,45)/t24?,26-,29?,32?/m0/s1. The second-order valence-corrected chi connectivity index (χ2v) is 13.1. The summed E-state index contributed by atoms with van der Waals surface area (Å²) in [5.41, 5.74) is 1.08. The SMILES string of the molecule is CCOC(=O)CC[C@H](NC(=O)c1ccc(C(COC2CCCCO2)CN2C=Nc3[nH]c(NC(=O)C(C)(C)C)cc3C2O)cc1)C(=O)OCC. The predicted molar refractivity (Wildman–Crippen MR) is 181 cm³/mol. The number of carbonyl (C=O) groups excluding carboxylic acids is 4. The van der Waals surface area contributed by atoms with Crippen molar-refractivity contribution in [1.29, 1.82) is 0 Å². The van der Waals surface area contributed by atoms with E-state index < -0.39 is 35.5 Å². The van der Waals surface area contributed by atoms with E-state index in [4.69, 9.17) is 18.9 Å². The Labute approximate surface area is 286 Å². The van der Waals surface area contributed by atoms with Gasteiger partial charge in [0.1, 0.15) is 17.7 Å². The number of rotatable bonds is 15. The van der Waals surface area contributed by atoms with Crippen LogP contribution in [0.1, 0.15) is 100 Å². The highest BCUT2D eigenvalue weighted by Crippen LogP contribution is 2.35. The minimum atomic E-state index is -1.04. The summed E-state index contributed by atoms with van der Waals surface area (Å²) in [4.78, 5) is 59.4. The molecule has 3 unspecified atom stereocenters. The Bertz CT molecular complexity index is 1460. The van der Waals surface area contributed by atoms with Crippen LogP contribution >= 0.6 is 0 Å². The van der Waals surface area contributed by atoms with Crippen LogP contribution in [0.15, 0.2) is 35.3 Å². The summed E-state index contributed by atoms with van der Waals surface area (Å²) in [5.74, 6) is -1.13. The maximum atomic E-state index is 13.2. The van der Waals surface area contributed by atoms with Crippen LogP contribution in [-0.2, 0) is 33.3 Å². The number of nitrogens with zero attached hydrogens (tertiary/aromatic N) is 2. The molecule has 1 saturated heterocycles. The first-order chi connectivity index (χ1) is 23.4. The minimum Gasteiger partial charge on any atom is -0.466 e. The first-order valence-corrected chi connectivity index (χ1v) is 16.9. The number of fused-ring (bicyclic) bond motifs is 1. The molecule has 1 aromatic heterocycles. The quantitative estimate of drug-likeness (QED) is 0.198. The molecule has 4 rings (SSSR count). The van der Waals surface area contributed by atoms with Gasteiger partial charge in [-0.25, -0.2) is 9.79 Å². The lowest BCUT2D eigenvalue weighted by Gasteiger charge is -2.33. The van der Waals surface area contributed by atoms with Crippen molar-refractivity contribution < 1.29 is 43.2 Å². The van der Waals surface area contributed by atoms with E-state index in [1.165, 1.54) is 0 Å². The maximum Gasteiger partial charge on any atom is 0.328 e. The molecule has 2 aliphatic heterocycles. The number of carbonyl (C=O) groups is 4. The van der Waals surface area contributed by atoms with E-state index in [9.17, 15) is 24.3 Å². The van der Waals surface area contributed by atoms with Gasteiger partial charge in [-0.2, -0.15) is 0 Å². The largest absolute Gasteiger partial charge is 0.466 e. The number of aliphatic hydroxyl groups is 1. The molecule has 1 aromatic carbocycles. The van der Waals surface area contributed by atoms with Gasteiger partial charge >= 0.3 is 11.9 Å². The average molecular weight is 684 g/mol. The molecule has 3 heterocycles. The Hall–Kier alpha value is -4.27. The van der Waals surface area contributed by atoms with Gasteiger partial charge in [0.25, 0.3) is 5.91 Å². The average Bonchev–Trinajstić information content (AvgIpc) is 3.49. The molecule has 268 valence electrons. The number of benzene rings is 1. The molecule has 49 heavy (non-hydrogen) atoms. The number of hydrogen-bond acceptors (Lipinski definition) is 11. The van der Waals surface area contributed by atoms with Crippen LogP contribution in [0.3, 0.4) is 0 Å². The summed E-state index contributed by atoms with van der Waals surface area (Å²) in [6, 6.07) is 7.57. The van der Waals surface area contributed by atoms with Gasteiger partial charge in [-0.05, 0) is 63.3 Å². The molecule has 2 aromatic rings. The van der Waals surface area contributed by atoms with Gasteiger partial charge in [0.15, 0.2) is 12.5 Å². The van der Waals surface area contributed by atoms with E-state index in [0.717, 1.165) is 24.8 Å². The summed E-state index contributed by atoms with van der Waals surface area (Å²) in [6.45, 7) is 10.4. The zero-order chi connectivity index (χ0) is 35.6. The molecule has 2 aliphatic rings.